The van der Waals surface area contributed by atoms with Crippen LogP contribution in [0.2, 0.25) is 0 Å². The quantitative estimate of drug-likeness (QED) is 0.760. The molecule has 0 radical (unpaired) electrons. The Morgan fingerprint density at radius 2 is 1.70 bits per heavy atom. The van der Waals surface area contributed by atoms with E-state index in [0.717, 1.165) is 4.47 Å². The maximum Gasteiger partial charge on any atom is 0.265 e. The van der Waals surface area contributed by atoms with Crippen LogP contribution in [0.25, 0.3) is 0 Å². The predicted octanol–water partition coefficient (Wildman–Crippen LogP) is 3.16. The summed E-state index contributed by atoms with van der Waals surface area (Å²) in [5.41, 5.74) is 1.79. The molecule has 0 saturated carbocycles. The highest BCUT2D eigenvalue weighted by Gasteiger charge is 2.27. The molecule has 0 saturated heterocycles. The van der Waals surface area contributed by atoms with Crippen LogP contribution in [0, 0.1) is 0 Å². The highest BCUT2D eigenvalue weighted by molar-refractivity contribution is 9.10. The summed E-state index contributed by atoms with van der Waals surface area (Å²) in [5, 5.41) is 5.49. The fourth-order valence-electron chi connectivity index (χ4n) is 2.58. The van der Waals surface area contributed by atoms with Gasteiger partial charge in [0.25, 0.3) is 5.91 Å². The summed E-state index contributed by atoms with van der Waals surface area (Å²) >= 11 is 3.36. The summed E-state index contributed by atoms with van der Waals surface area (Å²) in [4.78, 5) is 37.3. The van der Waals surface area contributed by atoms with Crippen LogP contribution in [-0.2, 0) is 14.4 Å². The number of anilines is 3. The van der Waals surface area contributed by atoms with Crippen LogP contribution in [0.15, 0.2) is 46.9 Å². The van der Waals surface area contributed by atoms with Gasteiger partial charge in [0.2, 0.25) is 11.8 Å². The van der Waals surface area contributed by atoms with Gasteiger partial charge in [-0.05, 0) is 42.5 Å². The molecule has 2 aromatic carbocycles. The fraction of sp³-hybridized carbons (Fsp3) is 0.211. The molecule has 0 fully saturated rings. The zero-order chi connectivity index (χ0) is 19.4. The minimum absolute atomic E-state index is 0.0806. The lowest BCUT2D eigenvalue weighted by Gasteiger charge is -2.29. The van der Waals surface area contributed by atoms with Crippen molar-refractivity contribution >= 4 is 50.7 Å². The minimum Gasteiger partial charge on any atom is -0.482 e. The van der Waals surface area contributed by atoms with Crippen LogP contribution in [0.1, 0.15) is 13.3 Å². The molecule has 1 aliphatic heterocycles. The lowest BCUT2D eigenvalue weighted by molar-refractivity contribution is -0.123. The Labute approximate surface area is 164 Å². The minimum atomic E-state index is -0.329. The predicted molar refractivity (Wildman–Crippen MR) is 106 cm³/mol. The largest absolute Gasteiger partial charge is 0.482 e. The average molecular weight is 432 g/mol. The van der Waals surface area contributed by atoms with Gasteiger partial charge in [-0.3, -0.25) is 19.3 Å². The molecule has 0 atom stereocenters. The molecular formula is C19H18BrN3O4. The number of rotatable bonds is 5. The first-order chi connectivity index (χ1) is 13.0. The number of ether oxygens (including phenoxy) is 1. The van der Waals surface area contributed by atoms with E-state index in [4.69, 9.17) is 4.74 Å². The van der Waals surface area contributed by atoms with E-state index in [-0.39, 0.29) is 30.9 Å². The number of carbonyl (C=O) groups excluding carboxylic acids is 3. The zero-order valence-electron chi connectivity index (χ0n) is 14.6. The number of hydrogen-bond acceptors (Lipinski definition) is 4. The summed E-state index contributed by atoms with van der Waals surface area (Å²) in [6, 6.07) is 12.1. The van der Waals surface area contributed by atoms with Crippen LogP contribution in [-0.4, -0.2) is 30.9 Å². The molecule has 1 aliphatic rings. The molecule has 140 valence electrons. The molecule has 0 bridgehead atoms. The first kappa shape index (κ1) is 18.9. The van der Waals surface area contributed by atoms with Gasteiger partial charge in [0, 0.05) is 22.3 Å². The van der Waals surface area contributed by atoms with Gasteiger partial charge in [0.1, 0.15) is 12.3 Å². The number of nitrogens with zero attached hydrogens (tertiary/aromatic N) is 1. The number of fused-ring (bicyclic) bond motifs is 1. The molecule has 2 N–H and O–H groups in total. The van der Waals surface area contributed by atoms with E-state index in [0.29, 0.717) is 29.2 Å². The lowest BCUT2D eigenvalue weighted by atomic mass is 10.2. The molecule has 3 rings (SSSR count). The molecule has 27 heavy (non-hydrogen) atoms. The summed E-state index contributed by atoms with van der Waals surface area (Å²) in [7, 11) is 0. The van der Waals surface area contributed by atoms with Crippen molar-refractivity contribution < 1.29 is 19.1 Å². The zero-order valence-corrected chi connectivity index (χ0v) is 16.2. The van der Waals surface area contributed by atoms with Crippen molar-refractivity contribution in [1.82, 2.24) is 0 Å². The lowest BCUT2D eigenvalue weighted by Crippen LogP contribution is -2.43. The van der Waals surface area contributed by atoms with Crippen molar-refractivity contribution in [2.45, 2.75) is 13.3 Å². The number of benzene rings is 2. The topological polar surface area (TPSA) is 87.7 Å². The van der Waals surface area contributed by atoms with Gasteiger partial charge >= 0.3 is 0 Å². The van der Waals surface area contributed by atoms with Crippen molar-refractivity contribution in [3.63, 3.8) is 0 Å². The van der Waals surface area contributed by atoms with Crippen LogP contribution in [0.4, 0.5) is 17.1 Å². The third-order valence-corrected chi connectivity index (χ3v) is 4.43. The Balaban J connectivity index is 1.66. The highest BCUT2D eigenvalue weighted by Crippen LogP contribution is 2.34. The highest BCUT2D eigenvalue weighted by atomic mass is 79.9. The van der Waals surface area contributed by atoms with Gasteiger partial charge < -0.3 is 15.4 Å². The molecule has 3 amide bonds. The molecule has 0 unspecified atom stereocenters. The van der Waals surface area contributed by atoms with Gasteiger partial charge in [-0.1, -0.05) is 22.9 Å². The average Bonchev–Trinajstić information content (AvgIpc) is 2.65. The fourth-order valence-corrected chi connectivity index (χ4v) is 2.92. The number of hydrogen-bond donors (Lipinski definition) is 2. The summed E-state index contributed by atoms with van der Waals surface area (Å²) in [6.07, 6.45) is 0.393. The third-order valence-electron chi connectivity index (χ3n) is 3.94. The molecule has 2 aromatic rings. The SMILES string of the molecule is CCC(=O)Nc1ccc(NC(=O)CN2C(=O)COc3cc(Br)ccc32)cc1. The Kier molecular flexibility index (Phi) is 5.75. The Morgan fingerprint density at radius 1 is 1.07 bits per heavy atom. The summed E-state index contributed by atoms with van der Waals surface area (Å²) in [6.45, 7) is 1.54. The van der Waals surface area contributed by atoms with E-state index in [1.807, 2.05) is 0 Å². The van der Waals surface area contributed by atoms with Crippen LogP contribution < -0.4 is 20.3 Å². The van der Waals surface area contributed by atoms with Crippen molar-refractivity contribution in [3.05, 3.63) is 46.9 Å². The van der Waals surface area contributed by atoms with E-state index >= 15 is 0 Å². The van der Waals surface area contributed by atoms with E-state index in [2.05, 4.69) is 26.6 Å². The van der Waals surface area contributed by atoms with Crippen LogP contribution >= 0.6 is 15.9 Å². The van der Waals surface area contributed by atoms with Crippen LogP contribution in [0.3, 0.4) is 0 Å². The van der Waals surface area contributed by atoms with E-state index in [1.165, 1.54) is 4.90 Å². The van der Waals surface area contributed by atoms with Gasteiger partial charge in [-0.15, -0.1) is 0 Å². The van der Waals surface area contributed by atoms with Crippen LogP contribution in [0.5, 0.6) is 5.75 Å². The third kappa shape index (κ3) is 4.65. The monoisotopic (exact) mass is 431 g/mol. The van der Waals surface area contributed by atoms with Gasteiger partial charge in [0.15, 0.2) is 6.61 Å². The molecule has 0 spiro atoms. The first-order valence-electron chi connectivity index (χ1n) is 8.38. The Morgan fingerprint density at radius 3 is 2.33 bits per heavy atom. The molecule has 0 aliphatic carbocycles. The second kappa shape index (κ2) is 8.22. The van der Waals surface area contributed by atoms with E-state index in [1.54, 1.807) is 49.4 Å². The van der Waals surface area contributed by atoms with Crippen molar-refractivity contribution in [2.24, 2.45) is 0 Å². The standard InChI is InChI=1S/C19H18BrN3O4/c1-2-17(24)21-13-4-6-14(7-5-13)22-18(25)10-23-15-8-3-12(20)9-16(15)27-11-19(23)26/h3-9H,2,10-11H2,1H3,(H,21,24)(H,22,25). The molecular weight excluding hydrogens is 414 g/mol. The second-order valence-corrected chi connectivity index (χ2v) is 6.82. The molecule has 1 heterocycles. The summed E-state index contributed by atoms with van der Waals surface area (Å²) < 4.78 is 6.24. The van der Waals surface area contributed by atoms with Gasteiger partial charge in [-0.2, -0.15) is 0 Å². The van der Waals surface area contributed by atoms with E-state index in [9.17, 15) is 14.4 Å². The van der Waals surface area contributed by atoms with Crippen molar-refractivity contribution in [1.29, 1.82) is 0 Å². The first-order valence-corrected chi connectivity index (χ1v) is 9.18. The Bertz CT molecular complexity index is 883. The number of carbonyl (C=O) groups is 3. The van der Waals surface area contributed by atoms with Gasteiger partial charge in [-0.25, -0.2) is 0 Å². The number of nitrogens with one attached hydrogen (secondary N) is 2. The molecule has 8 heteroatoms. The molecule has 0 aromatic heterocycles. The van der Waals surface area contributed by atoms with Crippen molar-refractivity contribution in [2.75, 3.05) is 28.7 Å². The van der Waals surface area contributed by atoms with Crippen molar-refractivity contribution in [3.8, 4) is 5.75 Å². The Hall–Kier alpha value is -2.87. The normalized spacial score (nSPS) is 12.8. The van der Waals surface area contributed by atoms with Gasteiger partial charge in [0.05, 0.1) is 5.69 Å². The number of halogens is 1. The molecule has 7 nitrogen and oxygen atoms in total. The second-order valence-electron chi connectivity index (χ2n) is 5.91. The van der Waals surface area contributed by atoms with E-state index < -0.39 is 0 Å². The maximum atomic E-state index is 12.4. The number of amides is 3. The maximum absolute atomic E-state index is 12.4. The smallest absolute Gasteiger partial charge is 0.265 e. The summed E-state index contributed by atoms with van der Waals surface area (Å²) in [5.74, 6) is -0.141.